The summed E-state index contributed by atoms with van der Waals surface area (Å²) in [7, 11) is 0. The van der Waals surface area contributed by atoms with Crippen LogP contribution in [0.2, 0.25) is 0 Å². The zero-order valence-corrected chi connectivity index (χ0v) is 10.9. The molecule has 1 aromatic carbocycles. The van der Waals surface area contributed by atoms with Gasteiger partial charge >= 0.3 is 6.18 Å². The Labute approximate surface area is 116 Å². The number of H-pyrrole nitrogens is 1. The number of nitrogens with zero attached hydrogens (tertiary/aromatic N) is 2. The zero-order valence-electron chi connectivity index (χ0n) is 10.9. The molecule has 0 spiro atoms. The maximum Gasteiger partial charge on any atom is 0.416 e. The third-order valence-electron chi connectivity index (χ3n) is 3.15. The minimum Gasteiger partial charge on any atom is -0.326 e. The predicted molar refractivity (Wildman–Crippen MR) is 71.4 cm³/mol. The summed E-state index contributed by atoms with van der Waals surface area (Å²) in [6.07, 6.45) is -2.98. The second kappa shape index (κ2) is 4.47. The Morgan fingerprint density at radius 3 is 2.48 bits per heavy atom. The minimum atomic E-state index is -4.38. The van der Waals surface area contributed by atoms with Crippen molar-refractivity contribution >= 4 is 10.9 Å². The van der Waals surface area contributed by atoms with E-state index in [0.717, 1.165) is 12.1 Å². The number of rotatable bonds is 1. The molecule has 3 aromatic rings. The number of nitrogens with one attached hydrogen (secondary N) is 1. The summed E-state index contributed by atoms with van der Waals surface area (Å²) in [5.41, 5.74) is 0.667. The second-order valence-electron chi connectivity index (χ2n) is 4.68. The van der Waals surface area contributed by atoms with Gasteiger partial charge in [0.25, 0.3) is 5.56 Å². The van der Waals surface area contributed by atoms with Gasteiger partial charge < -0.3 is 4.98 Å². The van der Waals surface area contributed by atoms with Gasteiger partial charge in [-0.05, 0) is 37.3 Å². The lowest BCUT2D eigenvalue weighted by Gasteiger charge is -2.08. The molecule has 0 amide bonds. The van der Waals surface area contributed by atoms with E-state index in [1.807, 2.05) is 0 Å². The van der Waals surface area contributed by atoms with E-state index in [0.29, 0.717) is 22.3 Å². The number of halogens is 3. The smallest absolute Gasteiger partial charge is 0.326 e. The molecule has 0 aliphatic heterocycles. The zero-order chi connectivity index (χ0) is 15.2. The Morgan fingerprint density at radius 2 is 1.86 bits per heavy atom. The number of hydrogen-bond donors (Lipinski definition) is 1. The van der Waals surface area contributed by atoms with Crippen LogP contribution < -0.4 is 5.56 Å². The number of fused-ring (bicyclic) bond motifs is 1. The highest BCUT2D eigenvalue weighted by Crippen LogP contribution is 2.29. The number of hydrogen-bond acceptors (Lipinski definition) is 2. The fourth-order valence-corrected chi connectivity index (χ4v) is 2.16. The Morgan fingerprint density at radius 1 is 1.19 bits per heavy atom. The summed E-state index contributed by atoms with van der Waals surface area (Å²) >= 11 is 0. The van der Waals surface area contributed by atoms with E-state index in [-0.39, 0.29) is 5.56 Å². The average Bonchev–Trinajstić information content (AvgIpc) is 2.82. The molecule has 4 nitrogen and oxygen atoms in total. The molecule has 0 saturated carbocycles. The van der Waals surface area contributed by atoms with Gasteiger partial charge in [-0.3, -0.25) is 4.79 Å². The number of aromatic nitrogens is 3. The topological polar surface area (TPSA) is 50.7 Å². The Bertz CT molecular complexity index is 860. The van der Waals surface area contributed by atoms with Crippen molar-refractivity contribution in [3.05, 3.63) is 58.1 Å². The van der Waals surface area contributed by atoms with Gasteiger partial charge in [0.05, 0.1) is 28.4 Å². The SMILES string of the molecule is Cc1cc2c(cnn2-c2ccc(C(F)(F)F)cc2)c(=O)[nH]1. The molecule has 2 heterocycles. The van der Waals surface area contributed by atoms with Crippen molar-refractivity contribution in [3.63, 3.8) is 0 Å². The largest absolute Gasteiger partial charge is 0.416 e. The van der Waals surface area contributed by atoms with Crippen LogP contribution in [0.4, 0.5) is 13.2 Å². The number of aromatic amines is 1. The van der Waals surface area contributed by atoms with Crippen LogP contribution >= 0.6 is 0 Å². The van der Waals surface area contributed by atoms with Crippen LogP contribution in [0.5, 0.6) is 0 Å². The van der Waals surface area contributed by atoms with Crippen molar-refractivity contribution in [1.29, 1.82) is 0 Å². The summed E-state index contributed by atoms with van der Waals surface area (Å²) in [5.74, 6) is 0. The van der Waals surface area contributed by atoms with Crippen LogP contribution in [0, 0.1) is 6.92 Å². The van der Waals surface area contributed by atoms with E-state index < -0.39 is 11.7 Å². The molecule has 0 saturated heterocycles. The van der Waals surface area contributed by atoms with Gasteiger partial charge in [0, 0.05) is 5.69 Å². The average molecular weight is 293 g/mol. The van der Waals surface area contributed by atoms with E-state index in [1.165, 1.54) is 23.0 Å². The number of alkyl halides is 3. The maximum absolute atomic E-state index is 12.6. The number of aryl methyl sites for hydroxylation is 1. The maximum atomic E-state index is 12.6. The fourth-order valence-electron chi connectivity index (χ4n) is 2.16. The quantitative estimate of drug-likeness (QED) is 0.749. The lowest BCUT2D eigenvalue weighted by Crippen LogP contribution is -2.08. The van der Waals surface area contributed by atoms with Gasteiger partial charge in [-0.15, -0.1) is 0 Å². The van der Waals surface area contributed by atoms with E-state index in [9.17, 15) is 18.0 Å². The lowest BCUT2D eigenvalue weighted by atomic mass is 10.2. The number of benzene rings is 1. The molecule has 0 bridgehead atoms. The number of pyridine rings is 1. The van der Waals surface area contributed by atoms with Gasteiger partial charge in [-0.25, -0.2) is 4.68 Å². The van der Waals surface area contributed by atoms with Crippen LogP contribution in [0.1, 0.15) is 11.3 Å². The third kappa shape index (κ3) is 2.31. The van der Waals surface area contributed by atoms with Gasteiger partial charge in [0.1, 0.15) is 0 Å². The molecule has 0 atom stereocenters. The molecule has 0 unspecified atom stereocenters. The Hall–Kier alpha value is -2.57. The first-order chi connectivity index (χ1) is 9.86. The molecule has 3 rings (SSSR count). The highest BCUT2D eigenvalue weighted by atomic mass is 19.4. The normalized spacial score (nSPS) is 12.0. The molecule has 0 fully saturated rings. The summed E-state index contributed by atoms with van der Waals surface area (Å²) in [4.78, 5) is 14.4. The van der Waals surface area contributed by atoms with Crippen molar-refractivity contribution in [2.75, 3.05) is 0 Å². The molecule has 2 aromatic heterocycles. The first-order valence-electron chi connectivity index (χ1n) is 6.11. The summed E-state index contributed by atoms with van der Waals surface area (Å²) in [6.45, 7) is 1.73. The van der Waals surface area contributed by atoms with Crippen molar-refractivity contribution in [2.45, 2.75) is 13.1 Å². The van der Waals surface area contributed by atoms with Gasteiger partial charge in [-0.2, -0.15) is 18.3 Å². The van der Waals surface area contributed by atoms with E-state index in [4.69, 9.17) is 0 Å². The van der Waals surface area contributed by atoms with E-state index in [2.05, 4.69) is 10.1 Å². The fraction of sp³-hybridized carbons (Fsp3) is 0.143. The van der Waals surface area contributed by atoms with Gasteiger partial charge in [0.2, 0.25) is 0 Å². The second-order valence-corrected chi connectivity index (χ2v) is 4.68. The molecular weight excluding hydrogens is 283 g/mol. The Kier molecular flexibility index (Phi) is 2.86. The lowest BCUT2D eigenvalue weighted by molar-refractivity contribution is -0.137. The molecular formula is C14H10F3N3O. The first-order valence-corrected chi connectivity index (χ1v) is 6.11. The molecule has 0 aliphatic carbocycles. The molecule has 108 valence electrons. The molecule has 0 radical (unpaired) electrons. The summed E-state index contributed by atoms with van der Waals surface area (Å²) < 4.78 is 39.1. The molecule has 7 heteroatoms. The van der Waals surface area contributed by atoms with Gasteiger partial charge in [0.15, 0.2) is 0 Å². The highest BCUT2D eigenvalue weighted by molar-refractivity contribution is 5.79. The van der Waals surface area contributed by atoms with Crippen LogP contribution in [0.15, 0.2) is 41.3 Å². The molecule has 21 heavy (non-hydrogen) atoms. The van der Waals surface area contributed by atoms with Crippen LogP contribution in [0.25, 0.3) is 16.6 Å². The van der Waals surface area contributed by atoms with E-state index >= 15 is 0 Å². The summed E-state index contributed by atoms with van der Waals surface area (Å²) in [6, 6.07) is 6.35. The molecule has 0 aliphatic rings. The monoisotopic (exact) mass is 293 g/mol. The standard InChI is InChI=1S/C14H10F3N3O/c1-8-6-12-11(13(21)19-8)7-18-20(12)10-4-2-9(3-5-10)14(15,16)17/h2-7H,1H3,(H,19,21). The predicted octanol–water partition coefficient (Wildman–Crippen LogP) is 3.04. The van der Waals surface area contributed by atoms with Crippen LogP contribution in [0.3, 0.4) is 0 Å². The summed E-state index contributed by atoms with van der Waals surface area (Å²) in [5, 5.41) is 4.46. The molecule has 1 N–H and O–H groups in total. The van der Waals surface area contributed by atoms with Crippen molar-refractivity contribution in [3.8, 4) is 5.69 Å². The van der Waals surface area contributed by atoms with Gasteiger partial charge in [-0.1, -0.05) is 0 Å². The van der Waals surface area contributed by atoms with Crippen molar-refractivity contribution in [1.82, 2.24) is 14.8 Å². The highest BCUT2D eigenvalue weighted by Gasteiger charge is 2.30. The van der Waals surface area contributed by atoms with Crippen LogP contribution in [-0.2, 0) is 6.18 Å². The minimum absolute atomic E-state index is 0.275. The third-order valence-corrected chi connectivity index (χ3v) is 3.15. The first kappa shape index (κ1) is 13.4. The van der Waals surface area contributed by atoms with Crippen LogP contribution in [-0.4, -0.2) is 14.8 Å². The van der Waals surface area contributed by atoms with Crippen molar-refractivity contribution < 1.29 is 13.2 Å². The van der Waals surface area contributed by atoms with E-state index in [1.54, 1.807) is 13.0 Å². The van der Waals surface area contributed by atoms with Crippen molar-refractivity contribution in [2.24, 2.45) is 0 Å². The Balaban J connectivity index is 2.15.